The Hall–Kier alpha value is -4.68. The highest BCUT2D eigenvalue weighted by molar-refractivity contribution is 7.04. The van der Waals surface area contributed by atoms with Gasteiger partial charge in [-0.15, -0.1) is 0 Å². The largest absolute Gasteiger partial charge is 0.497 e. The molecule has 0 spiro atoms. The van der Waals surface area contributed by atoms with Crippen molar-refractivity contribution in [1.82, 2.24) is 17.9 Å². The van der Waals surface area contributed by atoms with Gasteiger partial charge in [0.1, 0.15) is 5.75 Å². The summed E-state index contributed by atoms with van der Waals surface area (Å²) < 4.78 is 9.31. The van der Waals surface area contributed by atoms with E-state index in [1.54, 1.807) is 7.11 Å². The smallest absolute Gasteiger partial charge is 0.223 e. The fourth-order valence-corrected chi connectivity index (χ4v) is 5.95. The average Bonchev–Trinajstić information content (AvgIpc) is 3.73. The summed E-state index contributed by atoms with van der Waals surface area (Å²) in [6.07, 6.45) is 0. The van der Waals surface area contributed by atoms with Gasteiger partial charge in [0, 0.05) is 11.1 Å². The van der Waals surface area contributed by atoms with Gasteiger partial charge in [-0.1, -0.05) is 66.7 Å². The van der Waals surface area contributed by atoms with Crippen LogP contribution in [0.5, 0.6) is 5.75 Å². The lowest BCUT2D eigenvalue weighted by molar-refractivity contribution is 0.305. The summed E-state index contributed by atoms with van der Waals surface area (Å²) in [6, 6.07) is 37.9. The number of hydrogen-bond donors (Lipinski definition) is 2. The molecule has 0 fully saturated rings. The van der Waals surface area contributed by atoms with Crippen molar-refractivity contribution in [3.8, 4) is 39.9 Å². The zero-order valence-electron chi connectivity index (χ0n) is 24.1. The number of aliphatic hydroxyl groups excluding tert-OH is 2. The van der Waals surface area contributed by atoms with Gasteiger partial charge in [0.05, 0.1) is 44.8 Å². The van der Waals surface area contributed by atoms with E-state index in [9.17, 15) is 0 Å². The Morgan fingerprint density at radius 1 is 0.591 bits per heavy atom. The van der Waals surface area contributed by atoms with Crippen molar-refractivity contribution < 1.29 is 14.9 Å². The predicted molar refractivity (Wildman–Crippen MR) is 175 cm³/mol. The highest BCUT2D eigenvalue weighted by Gasteiger charge is 2.12. The summed E-state index contributed by atoms with van der Waals surface area (Å²) in [4.78, 5) is 19.1. The van der Waals surface area contributed by atoms with Gasteiger partial charge in [-0.2, -0.15) is 9.97 Å². The molecular formula is C33H32N6O3S2. The topological polar surface area (TPSA) is 110 Å². The minimum Gasteiger partial charge on any atom is -0.497 e. The Bertz CT molecular complexity index is 1800. The minimum absolute atomic E-state index is 0.0167. The third-order valence-corrected chi connectivity index (χ3v) is 8.09. The Kier molecular flexibility index (Phi) is 11.0. The number of benzene rings is 4. The van der Waals surface area contributed by atoms with Gasteiger partial charge < -0.3 is 14.9 Å². The lowest BCUT2D eigenvalue weighted by Gasteiger charge is -2.06. The molecule has 0 radical (unpaired) electrons. The molecule has 11 heteroatoms. The molecule has 2 heterocycles. The van der Waals surface area contributed by atoms with Crippen LogP contribution in [-0.4, -0.2) is 61.5 Å². The number of hydrogen-bond acceptors (Lipinski definition) is 9. The van der Waals surface area contributed by atoms with Crippen molar-refractivity contribution in [2.24, 2.45) is 9.98 Å². The second-order valence-corrected chi connectivity index (χ2v) is 11.0. The molecular weight excluding hydrogens is 593 g/mol. The highest BCUT2D eigenvalue weighted by atomic mass is 32.1. The van der Waals surface area contributed by atoms with E-state index in [1.807, 2.05) is 119 Å². The van der Waals surface area contributed by atoms with E-state index < -0.39 is 0 Å². The van der Waals surface area contributed by atoms with E-state index in [-0.39, 0.29) is 13.2 Å². The first-order valence-corrected chi connectivity index (χ1v) is 15.5. The molecule has 0 amide bonds. The molecule has 0 unspecified atom stereocenters. The number of methoxy groups -OCH3 is 1. The fraction of sp³-hybridized carbons (Fsp3) is 0.152. The first kappa shape index (κ1) is 30.8. The van der Waals surface area contributed by atoms with Gasteiger partial charge in [0.15, 0.2) is 11.6 Å². The van der Waals surface area contributed by atoms with Crippen LogP contribution >= 0.6 is 23.1 Å². The van der Waals surface area contributed by atoms with E-state index >= 15 is 0 Å². The maximum absolute atomic E-state index is 8.96. The molecule has 9 nitrogen and oxygen atoms in total. The number of rotatable bonds is 9. The molecule has 0 atom stereocenters. The lowest BCUT2D eigenvalue weighted by Crippen LogP contribution is -2.01. The number of para-hydroxylation sites is 2. The number of aromatic nitrogens is 4. The van der Waals surface area contributed by atoms with Crippen molar-refractivity contribution in [2.45, 2.75) is 0 Å². The van der Waals surface area contributed by atoms with Crippen LogP contribution in [0.15, 0.2) is 125 Å². The molecule has 2 aromatic heterocycles. The number of aliphatic hydroxyl groups is 2. The Balaban J connectivity index is 0.000000175. The van der Waals surface area contributed by atoms with E-state index in [0.29, 0.717) is 22.7 Å². The third kappa shape index (κ3) is 7.82. The zero-order valence-corrected chi connectivity index (χ0v) is 25.7. The van der Waals surface area contributed by atoms with Crippen LogP contribution in [0, 0.1) is 0 Å². The summed E-state index contributed by atoms with van der Waals surface area (Å²) in [5.74, 6) is 2.49. The first-order valence-electron chi connectivity index (χ1n) is 13.9. The fourth-order valence-electron chi connectivity index (χ4n) is 4.15. The molecule has 0 bridgehead atoms. The molecule has 0 saturated carbocycles. The van der Waals surface area contributed by atoms with Gasteiger partial charge >= 0.3 is 0 Å². The van der Waals surface area contributed by atoms with Gasteiger partial charge in [0.2, 0.25) is 9.60 Å². The first-order chi connectivity index (χ1) is 21.7. The second-order valence-electron chi connectivity index (χ2n) is 9.18. The van der Waals surface area contributed by atoms with Crippen molar-refractivity contribution in [3.63, 3.8) is 0 Å². The molecule has 44 heavy (non-hydrogen) atoms. The normalized spacial score (nSPS) is 11.7. The minimum atomic E-state index is 0.0167. The van der Waals surface area contributed by atoms with Gasteiger partial charge in [-0.3, -0.25) is 9.98 Å². The third-order valence-electron chi connectivity index (χ3n) is 6.19. The van der Waals surface area contributed by atoms with E-state index in [0.717, 1.165) is 39.9 Å². The molecule has 6 aromatic rings. The van der Waals surface area contributed by atoms with Crippen LogP contribution in [0.4, 0.5) is 0 Å². The maximum Gasteiger partial charge on any atom is 0.223 e. The molecule has 2 N–H and O–H groups in total. The summed E-state index contributed by atoms with van der Waals surface area (Å²) in [5.41, 5.74) is 4.11. The standard InChI is InChI=1S/C17H17N3O2S.C16H15N3OS/c1-22-15-9-7-13(8-10-15)16-19-17(18-11-12-21)23-20(16)14-5-3-2-4-6-14;20-12-11-17-16-18-15(13-7-3-1-4-8-13)19(21-16)14-9-5-2-6-10-14/h2-10,21H,11-12H2,1H3;1-10,20H,11-12H2/b18-17-;17-16-. The van der Waals surface area contributed by atoms with Crippen LogP contribution in [0.1, 0.15) is 0 Å². The summed E-state index contributed by atoms with van der Waals surface area (Å²) >= 11 is 2.93. The van der Waals surface area contributed by atoms with Crippen LogP contribution in [0.3, 0.4) is 0 Å². The van der Waals surface area contributed by atoms with Crippen LogP contribution in [-0.2, 0) is 0 Å². The second kappa shape index (κ2) is 15.7. The van der Waals surface area contributed by atoms with Crippen molar-refractivity contribution >= 4 is 23.1 Å². The molecule has 4 aromatic carbocycles. The van der Waals surface area contributed by atoms with Gasteiger partial charge in [0.25, 0.3) is 0 Å². The number of ether oxygens (including phenoxy) is 1. The quantitative estimate of drug-likeness (QED) is 0.235. The van der Waals surface area contributed by atoms with Crippen LogP contribution in [0.2, 0.25) is 0 Å². The molecule has 0 saturated heterocycles. The molecule has 0 aliphatic heterocycles. The molecule has 0 aliphatic rings. The Labute approximate surface area is 263 Å². The zero-order chi connectivity index (χ0) is 30.6. The SMILES string of the molecule is COc1ccc(-c2n/c(=N/CCO)sn2-c2ccccc2)cc1.OCC/N=c1/nc(-c2ccccc2)n(-c2ccccc2)s1. The van der Waals surface area contributed by atoms with Gasteiger partial charge in [-0.25, -0.2) is 7.91 Å². The predicted octanol–water partition coefficient (Wildman–Crippen LogP) is 5.00. The van der Waals surface area contributed by atoms with E-state index in [1.165, 1.54) is 23.1 Å². The van der Waals surface area contributed by atoms with Crippen LogP contribution < -0.4 is 14.3 Å². The highest BCUT2D eigenvalue weighted by Crippen LogP contribution is 2.24. The summed E-state index contributed by atoms with van der Waals surface area (Å²) in [6.45, 7) is 0.773. The van der Waals surface area contributed by atoms with E-state index in [4.69, 9.17) is 14.9 Å². The molecule has 6 rings (SSSR count). The molecule has 0 aliphatic carbocycles. The number of nitrogens with zero attached hydrogens (tertiary/aromatic N) is 6. The molecule has 224 valence electrons. The average molecular weight is 625 g/mol. The van der Waals surface area contributed by atoms with Crippen LogP contribution in [0.25, 0.3) is 34.2 Å². The van der Waals surface area contributed by atoms with E-state index in [2.05, 4.69) is 23.9 Å². The maximum atomic E-state index is 8.96. The summed E-state index contributed by atoms with van der Waals surface area (Å²) in [5, 5.41) is 17.9. The van der Waals surface area contributed by atoms with Gasteiger partial charge in [-0.05, 0) is 71.6 Å². The van der Waals surface area contributed by atoms with Crippen molar-refractivity contribution in [3.05, 3.63) is 125 Å². The lowest BCUT2D eigenvalue weighted by atomic mass is 10.2. The Morgan fingerprint density at radius 2 is 1.00 bits per heavy atom. The Morgan fingerprint density at radius 3 is 1.41 bits per heavy atom. The summed E-state index contributed by atoms with van der Waals surface area (Å²) in [7, 11) is 1.65. The monoisotopic (exact) mass is 624 g/mol. The van der Waals surface area contributed by atoms with Crippen molar-refractivity contribution in [2.75, 3.05) is 33.4 Å². The van der Waals surface area contributed by atoms with Crippen molar-refractivity contribution in [1.29, 1.82) is 0 Å².